The molecule has 0 aliphatic carbocycles. The van der Waals surface area contributed by atoms with Crippen molar-refractivity contribution in [2.24, 2.45) is 0 Å². The molecule has 0 amide bonds. The molecule has 0 spiro atoms. The van der Waals surface area contributed by atoms with Crippen LogP contribution in [-0.4, -0.2) is 46.9 Å². The third kappa shape index (κ3) is 10.00. The second kappa shape index (κ2) is 15.2. The highest BCUT2D eigenvalue weighted by Crippen LogP contribution is 2.42. The van der Waals surface area contributed by atoms with E-state index in [0.29, 0.717) is 12.1 Å². The molecule has 0 saturated carbocycles. The number of alkyl halides is 9. The number of carboxylic acid groups (broad SMARTS) is 1. The Hall–Kier alpha value is -4.05. The van der Waals surface area contributed by atoms with Crippen molar-refractivity contribution in [2.75, 3.05) is 13.7 Å². The molecule has 0 aliphatic rings. The molecule has 0 saturated heterocycles. The van der Waals surface area contributed by atoms with Crippen molar-refractivity contribution >= 4 is 5.97 Å². The maximum atomic E-state index is 14.9. The van der Waals surface area contributed by atoms with Crippen LogP contribution in [0.25, 0.3) is 11.1 Å². The lowest BCUT2D eigenvalue weighted by Crippen LogP contribution is -2.42. The van der Waals surface area contributed by atoms with Gasteiger partial charge in [0.05, 0.1) is 36.5 Å². The molecule has 2 atom stereocenters. The Labute approximate surface area is 274 Å². The number of ether oxygens (including phenoxy) is 2. The number of aliphatic carboxylic acids is 1. The third-order valence-electron chi connectivity index (χ3n) is 7.72. The number of halogens is 10. The fraction of sp³-hybridized carbons (Fsp3) is 0.424. The summed E-state index contributed by atoms with van der Waals surface area (Å²) in [5.74, 6) is -2.51. The minimum atomic E-state index is -5.18. The lowest BCUT2D eigenvalue weighted by molar-refractivity contribution is -0.143. The van der Waals surface area contributed by atoms with Crippen LogP contribution in [-0.2, 0) is 29.9 Å². The lowest BCUT2D eigenvalue weighted by atomic mass is 9.93. The number of carbonyl (C=O) groups is 1. The highest BCUT2D eigenvalue weighted by molar-refractivity contribution is 5.75. The van der Waals surface area contributed by atoms with Crippen LogP contribution >= 0.6 is 0 Å². The van der Waals surface area contributed by atoms with E-state index in [1.54, 1.807) is 13.8 Å². The van der Waals surface area contributed by atoms with Gasteiger partial charge in [0.1, 0.15) is 5.75 Å². The number of aliphatic hydroxyl groups is 1. The number of nitrogens with zero attached hydrogens (tertiary/aromatic N) is 1. The first-order valence-electron chi connectivity index (χ1n) is 14.7. The fourth-order valence-corrected chi connectivity index (χ4v) is 5.20. The minimum absolute atomic E-state index is 0.0154. The molecule has 16 heteroatoms. The van der Waals surface area contributed by atoms with E-state index in [-0.39, 0.29) is 53.7 Å². The van der Waals surface area contributed by atoms with E-state index in [4.69, 9.17) is 14.6 Å². The molecule has 2 N–H and O–H groups in total. The van der Waals surface area contributed by atoms with Crippen LogP contribution in [0.15, 0.2) is 48.5 Å². The third-order valence-corrected chi connectivity index (χ3v) is 7.72. The molecule has 0 unspecified atom stereocenters. The zero-order chi connectivity index (χ0) is 37.1. The Morgan fingerprint density at radius 3 is 1.86 bits per heavy atom. The Kier molecular flexibility index (Phi) is 12.2. The molecule has 0 heterocycles. The van der Waals surface area contributed by atoms with Crippen LogP contribution in [0.1, 0.15) is 67.5 Å². The number of hydrogen-bond donors (Lipinski definition) is 2. The van der Waals surface area contributed by atoms with Gasteiger partial charge in [-0.05, 0) is 80.3 Å². The number of aliphatic hydroxyl groups excluding tert-OH is 1. The van der Waals surface area contributed by atoms with Gasteiger partial charge in [-0.3, -0.25) is 9.69 Å². The molecular weight excluding hydrogens is 680 g/mol. The Balaban J connectivity index is 2.14. The Morgan fingerprint density at radius 2 is 1.37 bits per heavy atom. The number of hydrogen-bond acceptors (Lipinski definition) is 5. The molecule has 0 aliphatic heterocycles. The van der Waals surface area contributed by atoms with E-state index in [0.717, 1.165) is 30.3 Å². The van der Waals surface area contributed by atoms with E-state index in [9.17, 15) is 53.8 Å². The average molecular weight is 714 g/mol. The SMILES string of the molecule is COc1cc(F)c(OCCCC(=O)O)cc1-c1ccc(C(F)(F)F)cc1CN(C(C)C)[C@@H](C)[C@H](O)c1cc(C(F)(F)F)cc(C(F)(F)F)c1. The molecule has 3 rings (SSSR count). The van der Waals surface area contributed by atoms with Crippen LogP contribution in [0.3, 0.4) is 0 Å². The van der Waals surface area contributed by atoms with Gasteiger partial charge in [-0.15, -0.1) is 0 Å². The summed E-state index contributed by atoms with van der Waals surface area (Å²) in [7, 11) is 1.18. The van der Waals surface area contributed by atoms with Crippen LogP contribution in [0.2, 0.25) is 0 Å². The van der Waals surface area contributed by atoms with E-state index in [1.165, 1.54) is 18.9 Å². The normalized spacial score (nSPS) is 13.9. The number of methoxy groups -OCH3 is 1. The topological polar surface area (TPSA) is 79.2 Å². The van der Waals surface area contributed by atoms with E-state index < -0.39 is 77.3 Å². The van der Waals surface area contributed by atoms with Crippen molar-refractivity contribution in [1.82, 2.24) is 4.90 Å². The van der Waals surface area contributed by atoms with Crippen LogP contribution in [0.5, 0.6) is 11.5 Å². The van der Waals surface area contributed by atoms with Crippen molar-refractivity contribution < 1.29 is 68.4 Å². The summed E-state index contributed by atoms with van der Waals surface area (Å²) in [5.41, 5.74) is -5.04. The monoisotopic (exact) mass is 713 g/mol. The maximum absolute atomic E-state index is 14.9. The zero-order valence-electron chi connectivity index (χ0n) is 26.5. The van der Waals surface area contributed by atoms with E-state index in [2.05, 4.69) is 0 Å². The highest BCUT2D eigenvalue weighted by Gasteiger charge is 2.39. The summed E-state index contributed by atoms with van der Waals surface area (Å²) in [4.78, 5) is 12.2. The van der Waals surface area contributed by atoms with Crippen molar-refractivity contribution in [3.05, 3.63) is 82.2 Å². The highest BCUT2D eigenvalue weighted by atomic mass is 19.4. The van der Waals surface area contributed by atoms with Crippen LogP contribution in [0.4, 0.5) is 43.9 Å². The molecule has 6 nitrogen and oxygen atoms in total. The molecular formula is C33H33F10NO5. The van der Waals surface area contributed by atoms with Gasteiger partial charge < -0.3 is 19.7 Å². The minimum Gasteiger partial charge on any atom is -0.496 e. The second-order valence-corrected chi connectivity index (χ2v) is 11.5. The lowest BCUT2D eigenvalue weighted by Gasteiger charge is -2.36. The number of carboxylic acids is 1. The number of benzene rings is 3. The molecule has 0 aromatic heterocycles. The predicted molar refractivity (Wildman–Crippen MR) is 157 cm³/mol. The van der Waals surface area contributed by atoms with Crippen LogP contribution < -0.4 is 9.47 Å². The summed E-state index contributed by atoms with van der Waals surface area (Å²) in [6, 6.07) is 3.49. The van der Waals surface area contributed by atoms with Crippen molar-refractivity contribution in [1.29, 1.82) is 0 Å². The van der Waals surface area contributed by atoms with Gasteiger partial charge in [-0.1, -0.05) is 6.07 Å². The van der Waals surface area contributed by atoms with Gasteiger partial charge in [0, 0.05) is 36.7 Å². The second-order valence-electron chi connectivity index (χ2n) is 11.5. The van der Waals surface area contributed by atoms with Crippen molar-refractivity contribution in [3.8, 4) is 22.6 Å². The summed E-state index contributed by atoms with van der Waals surface area (Å²) >= 11 is 0. The Bertz CT molecular complexity index is 1590. The fourth-order valence-electron chi connectivity index (χ4n) is 5.20. The van der Waals surface area contributed by atoms with Gasteiger partial charge in [-0.25, -0.2) is 4.39 Å². The first kappa shape index (κ1) is 39.4. The molecule has 270 valence electrons. The van der Waals surface area contributed by atoms with Gasteiger partial charge in [0.15, 0.2) is 11.6 Å². The number of rotatable bonds is 13. The average Bonchev–Trinajstić information content (AvgIpc) is 2.99. The smallest absolute Gasteiger partial charge is 0.416 e. The van der Waals surface area contributed by atoms with E-state index in [1.807, 2.05) is 0 Å². The first-order valence-corrected chi connectivity index (χ1v) is 14.7. The summed E-state index contributed by atoms with van der Waals surface area (Å²) in [6.45, 7) is 3.79. The molecule has 0 radical (unpaired) electrons. The molecule has 3 aromatic rings. The molecule has 0 fully saturated rings. The molecule has 0 bridgehead atoms. The van der Waals surface area contributed by atoms with Gasteiger partial charge in [-0.2, -0.15) is 39.5 Å². The molecule has 49 heavy (non-hydrogen) atoms. The van der Waals surface area contributed by atoms with Crippen molar-refractivity contribution in [2.45, 2.75) is 76.9 Å². The van der Waals surface area contributed by atoms with E-state index >= 15 is 0 Å². The summed E-state index contributed by atoms with van der Waals surface area (Å²) in [5, 5.41) is 20.0. The summed E-state index contributed by atoms with van der Waals surface area (Å²) < 4.78 is 148. The largest absolute Gasteiger partial charge is 0.496 e. The standard InChI is InChI=1S/C33H33F10NO5/c1-17(2)44(18(3)30(47)19-10-22(32(38,39)40)13-23(11-19)33(41,42)43)16-20-12-21(31(35,36)37)7-8-24(20)25-14-28(26(34)15-27(25)48-4)49-9-5-6-29(45)46/h7-8,10-15,17-18,30,47H,5-6,9,16H2,1-4H3,(H,45,46)/t18-,30-/m0/s1. The maximum Gasteiger partial charge on any atom is 0.416 e. The predicted octanol–water partition coefficient (Wildman–Crippen LogP) is 9.13. The van der Waals surface area contributed by atoms with Gasteiger partial charge in [0.25, 0.3) is 0 Å². The first-order chi connectivity index (χ1) is 22.5. The Morgan fingerprint density at radius 1 is 0.796 bits per heavy atom. The quantitative estimate of drug-likeness (QED) is 0.136. The summed E-state index contributed by atoms with van der Waals surface area (Å²) in [6.07, 6.45) is -17.4. The van der Waals surface area contributed by atoms with Crippen molar-refractivity contribution in [3.63, 3.8) is 0 Å². The van der Waals surface area contributed by atoms with Gasteiger partial charge in [0.2, 0.25) is 0 Å². The molecule has 3 aromatic carbocycles. The van der Waals surface area contributed by atoms with Crippen LogP contribution in [0, 0.1) is 5.82 Å². The van der Waals surface area contributed by atoms with Gasteiger partial charge >= 0.3 is 24.5 Å². The zero-order valence-corrected chi connectivity index (χ0v) is 26.5.